The van der Waals surface area contributed by atoms with Crippen LogP contribution in [0.4, 0.5) is 15.8 Å². The highest BCUT2D eigenvalue weighted by Crippen LogP contribution is 2.52. The summed E-state index contributed by atoms with van der Waals surface area (Å²) >= 11 is 6.63. The van der Waals surface area contributed by atoms with E-state index < -0.39 is 33.0 Å². The number of phenolic OH excluding ortho intramolecular Hbond substituents is 1. The number of anilines is 2. The van der Waals surface area contributed by atoms with Gasteiger partial charge in [0.25, 0.3) is 5.91 Å². The molecule has 2 aliphatic heterocycles. The van der Waals surface area contributed by atoms with Gasteiger partial charge in [0.1, 0.15) is 35.7 Å². The number of aromatic hydroxyl groups is 1. The summed E-state index contributed by atoms with van der Waals surface area (Å²) in [6.07, 6.45) is 0.277. The SMILES string of the molecule is Cc1cccc(C(=O)N2c3cccc(O)c3NC3=C(C2c2ccc(OCc4ccccc4)cc2F)S(=O)(=O)CC(C)(C)C3)c1Cl. The zero-order valence-corrected chi connectivity index (χ0v) is 26.5. The molecule has 232 valence electrons. The largest absolute Gasteiger partial charge is 0.506 e. The van der Waals surface area contributed by atoms with E-state index in [1.807, 2.05) is 44.2 Å². The molecule has 6 rings (SSSR count). The molecular weight excluding hydrogens is 615 g/mol. The number of hydrogen-bond acceptors (Lipinski definition) is 6. The van der Waals surface area contributed by atoms with E-state index in [4.69, 9.17) is 16.3 Å². The number of sulfone groups is 1. The highest BCUT2D eigenvalue weighted by molar-refractivity contribution is 7.95. The maximum absolute atomic E-state index is 16.4. The van der Waals surface area contributed by atoms with Gasteiger partial charge in [0.2, 0.25) is 0 Å². The molecule has 45 heavy (non-hydrogen) atoms. The number of para-hydroxylation sites is 1. The third-order valence-corrected chi connectivity index (χ3v) is 10.9. The second-order valence-corrected chi connectivity index (χ2v) is 14.5. The van der Waals surface area contributed by atoms with Crippen LogP contribution in [0.25, 0.3) is 0 Å². The number of fused-ring (bicyclic) bond motifs is 1. The number of hydrogen-bond donors (Lipinski definition) is 2. The Labute approximate surface area is 266 Å². The van der Waals surface area contributed by atoms with Crippen LogP contribution in [0.1, 0.15) is 53.4 Å². The number of aryl methyl sites for hydroxylation is 1. The van der Waals surface area contributed by atoms with Gasteiger partial charge in [0, 0.05) is 17.3 Å². The van der Waals surface area contributed by atoms with Crippen LogP contribution in [-0.4, -0.2) is 25.2 Å². The smallest absolute Gasteiger partial charge is 0.260 e. The van der Waals surface area contributed by atoms with Gasteiger partial charge in [-0.25, -0.2) is 12.8 Å². The second-order valence-electron chi connectivity index (χ2n) is 12.2. The maximum atomic E-state index is 16.4. The molecule has 1 amide bonds. The number of nitrogens with one attached hydrogen (secondary N) is 1. The van der Waals surface area contributed by atoms with Gasteiger partial charge >= 0.3 is 0 Å². The summed E-state index contributed by atoms with van der Waals surface area (Å²) in [5.41, 5.74) is 1.52. The van der Waals surface area contributed by atoms with Crippen LogP contribution in [0.15, 0.2) is 95.5 Å². The molecule has 2 heterocycles. The molecule has 0 saturated heterocycles. The van der Waals surface area contributed by atoms with Crippen molar-refractivity contribution in [3.63, 3.8) is 0 Å². The van der Waals surface area contributed by atoms with Crippen molar-refractivity contribution in [2.75, 3.05) is 16.0 Å². The fourth-order valence-corrected chi connectivity index (χ4v) is 8.68. The Kier molecular flexibility index (Phi) is 7.87. The molecule has 1 atom stereocenters. The van der Waals surface area contributed by atoms with Crippen molar-refractivity contribution in [2.24, 2.45) is 5.41 Å². The summed E-state index contributed by atoms with van der Waals surface area (Å²) in [4.78, 5) is 15.7. The van der Waals surface area contributed by atoms with Gasteiger partial charge < -0.3 is 15.2 Å². The number of allylic oxidation sites excluding steroid dienone is 1. The minimum absolute atomic E-state index is 0.0482. The van der Waals surface area contributed by atoms with Crippen LogP contribution >= 0.6 is 11.6 Å². The number of carbonyl (C=O) groups excluding carboxylic acids is 1. The van der Waals surface area contributed by atoms with Crippen LogP contribution in [0.2, 0.25) is 5.02 Å². The third-order valence-electron chi connectivity index (χ3n) is 8.09. The Hall–Kier alpha value is -4.34. The van der Waals surface area contributed by atoms with Gasteiger partial charge in [-0.1, -0.05) is 74.0 Å². The first-order chi connectivity index (χ1) is 21.4. The van der Waals surface area contributed by atoms with Crippen LogP contribution in [-0.2, 0) is 16.4 Å². The van der Waals surface area contributed by atoms with E-state index >= 15 is 4.39 Å². The molecule has 0 spiro atoms. The molecule has 0 aliphatic carbocycles. The number of nitrogens with zero attached hydrogens (tertiary/aromatic N) is 1. The zero-order chi connectivity index (χ0) is 32.1. The quantitative estimate of drug-likeness (QED) is 0.214. The van der Waals surface area contributed by atoms with Gasteiger partial charge in [-0.15, -0.1) is 0 Å². The first kappa shape index (κ1) is 30.7. The fourth-order valence-electron chi connectivity index (χ4n) is 6.11. The molecule has 2 N–H and O–H groups in total. The molecule has 1 unspecified atom stereocenters. The van der Waals surface area contributed by atoms with Crippen molar-refractivity contribution in [1.82, 2.24) is 0 Å². The number of ether oxygens (including phenoxy) is 1. The fraction of sp³-hybridized carbons (Fsp3) is 0.229. The first-order valence-corrected chi connectivity index (χ1v) is 16.5. The van der Waals surface area contributed by atoms with Crippen molar-refractivity contribution >= 4 is 38.7 Å². The number of halogens is 2. The summed E-state index contributed by atoms with van der Waals surface area (Å²) in [6.45, 7) is 5.62. The third kappa shape index (κ3) is 5.78. The molecule has 2 aliphatic rings. The molecule has 4 aromatic rings. The number of benzene rings is 4. The van der Waals surface area contributed by atoms with Gasteiger partial charge in [-0.2, -0.15) is 0 Å². The average molecular weight is 647 g/mol. The van der Waals surface area contributed by atoms with Gasteiger partial charge in [0.15, 0.2) is 9.84 Å². The summed E-state index contributed by atoms with van der Waals surface area (Å²) in [6, 6.07) is 21.7. The lowest BCUT2D eigenvalue weighted by molar-refractivity contribution is 0.0980. The van der Waals surface area contributed by atoms with E-state index in [1.165, 1.54) is 23.1 Å². The molecule has 0 radical (unpaired) electrons. The predicted octanol–water partition coefficient (Wildman–Crippen LogP) is 7.94. The molecule has 0 saturated carbocycles. The molecule has 10 heteroatoms. The van der Waals surface area contributed by atoms with E-state index in [9.17, 15) is 18.3 Å². The Morgan fingerprint density at radius 2 is 1.80 bits per heavy atom. The van der Waals surface area contributed by atoms with E-state index in [2.05, 4.69) is 5.32 Å². The monoisotopic (exact) mass is 646 g/mol. The van der Waals surface area contributed by atoms with Gasteiger partial charge in [0.05, 0.1) is 26.9 Å². The van der Waals surface area contributed by atoms with E-state index in [1.54, 1.807) is 43.3 Å². The molecular formula is C35H32ClFN2O5S. The van der Waals surface area contributed by atoms with Gasteiger partial charge in [-0.05, 0) is 60.2 Å². The van der Waals surface area contributed by atoms with E-state index in [-0.39, 0.29) is 68.4 Å². The Morgan fingerprint density at radius 3 is 2.53 bits per heavy atom. The minimum atomic E-state index is -4.07. The molecule has 0 aromatic heterocycles. The summed E-state index contributed by atoms with van der Waals surface area (Å²) in [5, 5.41) is 14.3. The van der Waals surface area contributed by atoms with Gasteiger partial charge in [-0.3, -0.25) is 9.69 Å². The first-order valence-electron chi connectivity index (χ1n) is 14.5. The molecule has 0 fully saturated rings. The lowest BCUT2D eigenvalue weighted by atomic mass is 9.88. The van der Waals surface area contributed by atoms with Crippen LogP contribution in [0, 0.1) is 18.2 Å². The van der Waals surface area contributed by atoms with Crippen molar-refractivity contribution in [1.29, 1.82) is 0 Å². The predicted molar refractivity (Wildman–Crippen MR) is 174 cm³/mol. The lowest BCUT2D eigenvalue weighted by Gasteiger charge is -2.37. The van der Waals surface area contributed by atoms with Crippen LogP contribution < -0.4 is 15.0 Å². The van der Waals surface area contributed by atoms with Crippen LogP contribution in [0.3, 0.4) is 0 Å². The average Bonchev–Trinajstić information content (AvgIpc) is 3.12. The summed E-state index contributed by atoms with van der Waals surface area (Å²) < 4.78 is 50.6. The second kappa shape index (κ2) is 11.5. The zero-order valence-electron chi connectivity index (χ0n) is 25.0. The number of phenols is 1. The normalized spacial score (nSPS) is 18.3. The number of carbonyl (C=O) groups is 1. The van der Waals surface area contributed by atoms with Crippen molar-refractivity contribution in [3.8, 4) is 11.5 Å². The van der Waals surface area contributed by atoms with E-state index in [0.29, 0.717) is 5.56 Å². The Bertz CT molecular complexity index is 1960. The standard InChI is InChI=1S/C35H32ClFN2O5S/c1-21-9-7-12-25(30(21)36)34(41)39-28-13-8-14-29(40)31(28)38-27-18-35(2,3)20-45(42,43)33(27)32(39)24-16-15-23(17-26(24)37)44-19-22-10-5-4-6-11-22/h4-17,32,38,40H,18-20H2,1-3H3. The van der Waals surface area contributed by atoms with Crippen LogP contribution in [0.5, 0.6) is 11.5 Å². The highest BCUT2D eigenvalue weighted by Gasteiger charge is 2.48. The number of amides is 1. The summed E-state index contributed by atoms with van der Waals surface area (Å²) in [5.74, 6) is -1.58. The van der Waals surface area contributed by atoms with Crippen molar-refractivity contribution < 1.29 is 27.4 Å². The molecule has 4 aromatic carbocycles. The Balaban J connectivity index is 1.58. The number of rotatable bonds is 5. The highest BCUT2D eigenvalue weighted by atomic mass is 35.5. The maximum Gasteiger partial charge on any atom is 0.260 e. The summed E-state index contributed by atoms with van der Waals surface area (Å²) in [7, 11) is -4.07. The van der Waals surface area contributed by atoms with Crippen molar-refractivity contribution in [2.45, 2.75) is 39.8 Å². The van der Waals surface area contributed by atoms with E-state index in [0.717, 1.165) is 5.56 Å². The molecule has 7 nitrogen and oxygen atoms in total. The lowest BCUT2D eigenvalue weighted by Crippen LogP contribution is -2.41. The minimum Gasteiger partial charge on any atom is -0.506 e. The van der Waals surface area contributed by atoms with Crippen molar-refractivity contribution in [3.05, 3.63) is 129 Å². The Morgan fingerprint density at radius 1 is 1.07 bits per heavy atom. The topological polar surface area (TPSA) is 95.9 Å². The molecule has 0 bridgehead atoms.